The summed E-state index contributed by atoms with van der Waals surface area (Å²) in [6.45, 7) is 4.67. The van der Waals surface area contributed by atoms with Crippen LogP contribution < -0.4 is 5.14 Å². The summed E-state index contributed by atoms with van der Waals surface area (Å²) >= 11 is 5.85. The lowest BCUT2D eigenvalue weighted by atomic mass is 10.1. The molecule has 0 saturated carbocycles. The van der Waals surface area contributed by atoms with E-state index in [4.69, 9.17) is 16.7 Å². The van der Waals surface area contributed by atoms with Gasteiger partial charge in [0.05, 0.1) is 4.90 Å². The molecule has 1 aromatic rings. The van der Waals surface area contributed by atoms with Crippen LogP contribution in [0.15, 0.2) is 23.1 Å². The van der Waals surface area contributed by atoms with Gasteiger partial charge in [-0.05, 0) is 24.1 Å². The van der Waals surface area contributed by atoms with E-state index in [0.717, 1.165) is 6.42 Å². The van der Waals surface area contributed by atoms with Crippen molar-refractivity contribution in [2.45, 2.75) is 25.2 Å². The van der Waals surface area contributed by atoms with Gasteiger partial charge in [0, 0.05) is 24.2 Å². The number of benzene rings is 1. The number of halogens is 1. The van der Waals surface area contributed by atoms with Gasteiger partial charge in [0.15, 0.2) is 0 Å². The van der Waals surface area contributed by atoms with Crippen molar-refractivity contribution in [2.24, 2.45) is 11.1 Å². The van der Waals surface area contributed by atoms with Crippen LogP contribution in [0.2, 0.25) is 5.02 Å². The maximum absolute atomic E-state index is 12.3. The minimum atomic E-state index is -3.89. The Balaban J connectivity index is 3.08. The Morgan fingerprint density at radius 3 is 2.50 bits per heavy atom. The van der Waals surface area contributed by atoms with Crippen LogP contribution in [0, 0.1) is 5.92 Å². The first-order valence-corrected chi connectivity index (χ1v) is 8.16. The number of nitrogens with zero attached hydrogens (tertiary/aromatic N) is 1. The normalized spacial score (nSPS) is 13.1. The third-order valence-electron chi connectivity index (χ3n) is 3.08. The highest BCUT2D eigenvalue weighted by molar-refractivity contribution is 7.89. The smallest absolute Gasteiger partial charge is 0.253 e. The molecule has 1 unspecified atom stereocenters. The molecule has 1 amide bonds. The predicted molar refractivity (Wildman–Crippen MR) is 79.2 cm³/mol. The minimum Gasteiger partial charge on any atom is -0.341 e. The number of nitrogens with two attached hydrogens (primary N) is 1. The van der Waals surface area contributed by atoms with E-state index in [9.17, 15) is 13.2 Å². The Labute approximate surface area is 124 Å². The number of hydrogen-bond acceptors (Lipinski definition) is 3. The molecule has 5 nitrogen and oxygen atoms in total. The first-order valence-electron chi connectivity index (χ1n) is 6.24. The lowest BCUT2D eigenvalue weighted by Gasteiger charge is -2.21. The quantitative estimate of drug-likeness (QED) is 0.902. The molecule has 1 atom stereocenters. The summed E-state index contributed by atoms with van der Waals surface area (Å²) in [6.07, 6.45) is 0.954. The fourth-order valence-electron chi connectivity index (χ4n) is 1.75. The second-order valence-electron chi connectivity index (χ2n) is 4.92. The van der Waals surface area contributed by atoms with Crippen LogP contribution in [0.1, 0.15) is 30.6 Å². The molecule has 0 aliphatic carbocycles. The number of sulfonamides is 1. The molecule has 7 heteroatoms. The van der Waals surface area contributed by atoms with Crippen LogP contribution in [-0.4, -0.2) is 32.8 Å². The van der Waals surface area contributed by atoms with E-state index in [1.54, 1.807) is 11.9 Å². The molecule has 1 aromatic carbocycles. The molecule has 0 heterocycles. The number of carbonyl (C=O) groups excluding carboxylic acids is 1. The van der Waals surface area contributed by atoms with E-state index in [1.165, 1.54) is 18.2 Å². The first kappa shape index (κ1) is 16.9. The molecule has 1 rings (SSSR count). The van der Waals surface area contributed by atoms with Crippen LogP contribution >= 0.6 is 11.6 Å². The molecule has 112 valence electrons. The van der Waals surface area contributed by atoms with E-state index in [0.29, 0.717) is 12.5 Å². The minimum absolute atomic E-state index is 0.162. The lowest BCUT2D eigenvalue weighted by Crippen LogP contribution is -2.31. The first-order chi connectivity index (χ1) is 9.15. The van der Waals surface area contributed by atoms with Crippen LogP contribution in [0.3, 0.4) is 0 Å². The fraction of sp³-hybridized carbons (Fsp3) is 0.462. The second kappa shape index (κ2) is 6.56. The number of amides is 1. The summed E-state index contributed by atoms with van der Waals surface area (Å²) in [6, 6.07) is 3.91. The average molecular weight is 319 g/mol. The average Bonchev–Trinajstić information content (AvgIpc) is 2.35. The van der Waals surface area contributed by atoms with Gasteiger partial charge in [0.1, 0.15) is 0 Å². The third kappa shape index (κ3) is 4.47. The Kier molecular flexibility index (Phi) is 5.56. The van der Waals surface area contributed by atoms with Gasteiger partial charge in [0.25, 0.3) is 5.91 Å². The van der Waals surface area contributed by atoms with Crippen molar-refractivity contribution in [3.63, 3.8) is 0 Å². The number of carbonyl (C=O) groups is 1. The Bertz CT molecular complexity index is 602. The Hall–Kier alpha value is -1.11. The SMILES string of the molecule is CCC(C)CN(C)C(=O)c1cc(Cl)cc(S(N)(=O)=O)c1. The van der Waals surface area contributed by atoms with Gasteiger partial charge in [-0.2, -0.15) is 0 Å². The zero-order valence-electron chi connectivity index (χ0n) is 11.8. The van der Waals surface area contributed by atoms with Crippen LogP contribution in [-0.2, 0) is 10.0 Å². The third-order valence-corrected chi connectivity index (χ3v) is 4.19. The number of rotatable bonds is 5. The van der Waals surface area contributed by atoms with Gasteiger partial charge in [-0.1, -0.05) is 31.9 Å². The molecule has 0 aliphatic rings. The molecule has 0 saturated heterocycles. The van der Waals surface area contributed by atoms with Crippen molar-refractivity contribution in [1.29, 1.82) is 0 Å². The molecule has 2 N–H and O–H groups in total. The van der Waals surface area contributed by atoms with Crippen molar-refractivity contribution in [3.8, 4) is 0 Å². The van der Waals surface area contributed by atoms with Crippen molar-refractivity contribution in [2.75, 3.05) is 13.6 Å². The van der Waals surface area contributed by atoms with Gasteiger partial charge in [0.2, 0.25) is 10.0 Å². The summed E-state index contributed by atoms with van der Waals surface area (Å²) in [5.74, 6) is 0.0820. The zero-order valence-corrected chi connectivity index (χ0v) is 13.3. The number of primary sulfonamides is 1. The topological polar surface area (TPSA) is 80.5 Å². The van der Waals surface area contributed by atoms with Crippen LogP contribution in [0.5, 0.6) is 0 Å². The molecule has 0 spiro atoms. The molecule has 0 aliphatic heterocycles. The Morgan fingerprint density at radius 1 is 1.40 bits per heavy atom. The molecule has 20 heavy (non-hydrogen) atoms. The summed E-state index contributed by atoms with van der Waals surface area (Å²) in [5.41, 5.74) is 0.215. The lowest BCUT2D eigenvalue weighted by molar-refractivity contribution is 0.0774. The summed E-state index contributed by atoms with van der Waals surface area (Å²) in [4.78, 5) is 13.6. The summed E-state index contributed by atoms with van der Waals surface area (Å²) < 4.78 is 22.7. The van der Waals surface area contributed by atoms with E-state index >= 15 is 0 Å². The van der Waals surface area contributed by atoms with Gasteiger partial charge in [-0.3, -0.25) is 4.79 Å². The van der Waals surface area contributed by atoms with E-state index < -0.39 is 10.0 Å². The van der Waals surface area contributed by atoms with Crippen molar-refractivity contribution < 1.29 is 13.2 Å². The van der Waals surface area contributed by atoms with Crippen molar-refractivity contribution >= 4 is 27.5 Å². The molecular weight excluding hydrogens is 300 g/mol. The summed E-state index contributed by atoms with van der Waals surface area (Å²) in [7, 11) is -2.22. The van der Waals surface area contributed by atoms with Gasteiger partial charge >= 0.3 is 0 Å². The zero-order chi connectivity index (χ0) is 15.5. The van der Waals surface area contributed by atoms with Crippen molar-refractivity contribution in [1.82, 2.24) is 4.90 Å². The van der Waals surface area contributed by atoms with E-state index in [2.05, 4.69) is 0 Å². The van der Waals surface area contributed by atoms with E-state index in [1.807, 2.05) is 13.8 Å². The highest BCUT2D eigenvalue weighted by Gasteiger charge is 2.18. The molecule has 0 fully saturated rings. The predicted octanol–water partition coefficient (Wildman–Crippen LogP) is 2.11. The van der Waals surface area contributed by atoms with Gasteiger partial charge in [-0.15, -0.1) is 0 Å². The Morgan fingerprint density at radius 2 is 2.00 bits per heavy atom. The molecule has 0 bridgehead atoms. The highest BCUT2D eigenvalue weighted by Crippen LogP contribution is 2.19. The fourth-order valence-corrected chi connectivity index (χ4v) is 2.63. The maximum Gasteiger partial charge on any atom is 0.253 e. The highest BCUT2D eigenvalue weighted by atomic mass is 35.5. The van der Waals surface area contributed by atoms with E-state index in [-0.39, 0.29) is 21.4 Å². The van der Waals surface area contributed by atoms with Gasteiger partial charge < -0.3 is 4.90 Å². The second-order valence-corrected chi connectivity index (χ2v) is 6.92. The van der Waals surface area contributed by atoms with Crippen LogP contribution in [0.25, 0.3) is 0 Å². The summed E-state index contributed by atoms with van der Waals surface area (Å²) in [5, 5.41) is 5.23. The van der Waals surface area contributed by atoms with Gasteiger partial charge in [-0.25, -0.2) is 13.6 Å². The van der Waals surface area contributed by atoms with Crippen LogP contribution in [0.4, 0.5) is 0 Å². The standard InChI is InChI=1S/C13H19ClN2O3S/c1-4-9(2)8-16(3)13(17)10-5-11(14)7-12(6-10)20(15,18)19/h5-7,9H,4,8H2,1-3H3,(H2,15,18,19). The monoisotopic (exact) mass is 318 g/mol. The molecule has 0 aromatic heterocycles. The molecular formula is C13H19ClN2O3S. The maximum atomic E-state index is 12.3. The van der Waals surface area contributed by atoms with Crippen molar-refractivity contribution in [3.05, 3.63) is 28.8 Å². The largest absolute Gasteiger partial charge is 0.341 e. The molecule has 0 radical (unpaired) electrons. The number of hydrogen-bond donors (Lipinski definition) is 1.